The number of carbonyl (C=O) groups is 2. The summed E-state index contributed by atoms with van der Waals surface area (Å²) in [4.78, 5) is 22.2. The van der Waals surface area contributed by atoms with Crippen LogP contribution in [-0.4, -0.2) is 23.0 Å². The third kappa shape index (κ3) is 4.73. The Labute approximate surface area is 125 Å². The molecule has 1 aromatic carbocycles. The Kier molecular flexibility index (Phi) is 5.54. The minimum Gasteiger partial charge on any atom is -0.481 e. The molecule has 1 rings (SSSR count). The second kappa shape index (κ2) is 6.78. The molecule has 0 radical (unpaired) electrons. The van der Waals surface area contributed by atoms with Gasteiger partial charge in [-0.05, 0) is 29.7 Å². The van der Waals surface area contributed by atoms with Gasteiger partial charge in [-0.3, -0.25) is 9.59 Å². The summed E-state index contributed by atoms with van der Waals surface area (Å²) in [5.74, 6) is -2.41. The van der Waals surface area contributed by atoms with E-state index in [1.54, 1.807) is 13.8 Å². The predicted molar refractivity (Wildman–Crippen MR) is 74.4 cm³/mol. The number of hydrogen-bond donors (Lipinski definition) is 3. The van der Waals surface area contributed by atoms with Crippen molar-refractivity contribution in [1.29, 1.82) is 0 Å². The number of aliphatic carboxylic acids is 1. The molecule has 0 saturated carbocycles. The second-order valence-electron chi connectivity index (χ2n) is 5.15. The zero-order chi connectivity index (χ0) is 17.1. The molecule has 0 aromatic heterocycles. The molecule has 0 saturated heterocycles. The van der Waals surface area contributed by atoms with Crippen LogP contribution in [0.4, 0.5) is 18.9 Å². The molecule has 5 nitrogen and oxygen atoms in total. The number of anilines is 1. The van der Waals surface area contributed by atoms with Crippen LogP contribution in [-0.2, 0) is 15.8 Å². The van der Waals surface area contributed by atoms with E-state index >= 15 is 0 Å². The maximum Gasteiger partial charge on any atom is 0.416 e. The Morgan fingerprint density at radius 3 is 2.36 bits per heavy atom. The number of carboxylic acid groups (broad SMARTS) is 1. The van der Waals surface area contributed by atoms with Gasteiger partial charge in [0.2, 0.25) is 5.91 Å². The van der Waals surface area contributed by atoms with Crippen LogP contribution in [0.5, 0.6) is 0 Å². The molecule has 1 amide bonds. The highest BCUT2D eigenvalue weighted by Gasteiger charge is 2.34. The van der Waals surface area contributed by atoms with Crippen molar-refractivity contribution >= 4 is 17.6 Å². The lowest BCUT2D eigenvalue weighted by molar-refractivity contribution is -0.139. The topological polar surface area (TPSA) is 92.4 Å². The molecule has 0 aliphatic carbocycles. The highest BCUT2D eigenvalue weighted by molar-refractivity contribution is 5.96. The summed E-state index contributed by atoms with van der Waals surface area (Å²) in [6.07, 6.45) is -5.05. The van der Waals surface area contributed by atoms with Gasteiger partial charge in [-0.15, -0.1) is 0 Å². The molecule has 0 bridgehead atoms. The summed E-state index contributed by atoms with van der Waals surface area (Å²) in [6, 6.07) is 1.94. The van der Waals surface area contributed by atoms with Crippen LogP contribution in [0.3, 0.4) is 0 Å². The van der Waals surface area contributed by atoms with Crippen LogP contribution in [0.1, 0.15) is 37.3 Å². The van der Waals surface area contributed by atoms with Crippen molar-refractivity contribution < 1.29 is 27.9 Å². The smallest absolute Gasteiger partial charge is 0.416 e. The number of hydrogen-bond acceptors (Lipinski definition) is 3. The molecule has 0 aliphatic heterocycles. The Bertz CT molecular complexity index is 571. The lowest BCUT2D eigenvalue weighted by atomic mass is 9.96. The van der Waals surface area contributed by atoms with Gasteiger partial charge in [0, 0.05) is 5.69 Å². The van der Waals surface area contributed by atoms with E-state index < -0.39 is 42.0 Å². The maximum absolute atomic E-state index is 12.9. The van der Waals surface area contributed by atoms with E-state index in [9.17, 15) is 22.8 Å². The summed E-state index contributed by atoms with van der Waals surface area (Å²) < 4.78 is 38.7. The van der Waals surface area contributed by atoms with Crippen LogP contribution in [0, 0.1) is 0 Å². The minimum atomic E-state index is -4.48. The molecule has 8 heteroatoms. The number of amides is 1. The van der Waals surface area contributed by atoms with Crippen LogP contribution in [0.15, 0.2) is 18.2 Å². The number of nitrogens with one attached hydrogen (secondary N) is 1. The highest BCUT2D eigenvalue weighted by Crippen LogP contribution is 2.36. The molecule has 22 heavy (non-hydrogen) atoms. The number of rotatable bonds is 5. The van der Waals surface area contributed by atoms with E-state index in [2.05, 4.69) is 5.32 Å². The van der Waals surface area contributed by atoms with Crippen molar-refractivity contribution in [3.63, 3.8) is 0 Å². The first kappa shape index (κ1) is 18.0. The largest absolute Gasteiger partial charge is 0.481 e. The average Bonchev–Trinajstić information content (AvgIpc) is 2.36. The van der Waals surface area contributed by atoms with E-state index in [-0.39, 0.29) is 11.3 Å². The van der Waals surface area contributed by atoms with Crippen molar-refractivity contribution in [2.45, 2.75) is 38.4 Å². The van der Waals surface area contributed by atoms with Crippen molar-refractivity contribution in [3.05, 3.63) is 29.3 Å². The zero-order valence-corrected chi connectivity index (χ0v) is 12.1. The molecule has 0 spiro atoms. The molecule has 122 valence electrons. The van der Waals surface area contributed by atoms with Gasteiger partial charge in [-0.1, -0.05) is 13.8 Å². The van der Waals surface area contributed by atoms with Gasteiger partial charge in [0.15, 0.2) is 0 Å². The van der Waals surface area contributed by atoms with E-state index in [1.165, 1.54) is 6.07 Å². The standard InChI is InChI=1S/C14H17F3N2O3/c1-7(2)9-5-8(3-4-10(9)14(15,16)17)19-13(22)11(18)6-12(20)21/h3-5,7,11H,6,18H2,1-2H3,(H,19,22)(H,20,21)/t11-/m0/s1. The number of halogens is 3. The van der Waals surface area contributed by atoms with Crippen LogP contribution in [0.25, 0.3) is 0 Å². The molecular weight excluding hydrogens is 301 g/mol. The van der Waals surface area contributed by atoms with Crippen molar-refractivity contribution in [3.8, 4) is 0 Å². The van der Waals surface area contributed by atoms with Crippen molar-refractivity contribution in [2.75, 3.05) is 5.32 Å². The first-order chi connectivity index (χ1) is 10.0. The van der Waals surface area contributed by atoms with Gasteiger partial charge >= 0.3 is 12.1 Å². The van der Waals surface area contributed by atoms with Gasteiger partial charge in [-0.25, -0.2) is 0 Å². The normalized spacial score (nSPS) is 13.0. The Hall–Kier alpha value is -2.09. The quantitative estimate of drug-likeness (QED) is 0.778. The Morgan fingerprint density at radius 2 is 1.91 bits per heavy atom. The minimum absolute atomic E-state index is 0.0390. The number of carbonyl (C=O) groups excluding carboxylic acids is 1. The number of nitrogens with two attached hydrogens (primary N) is 1. The van der Waals surface area contributed by atoms with Gasteiger partial charge in [0.1, 0.15) is 0 Å². The van der Waals surface area contributed by atoms with Gasteiger partial charge in [0.05, 0.1) is 18.0 Å². The molecule has 0 fully saturated rings. The molecule has 0 aliphatic rings. The maximum atomic E-state index is 12.9. The molecule has 4 N–H and O–H groups in total. The first-order valence-electron chi connectivity index (χ1n) is 6.51. The van der Waals surface area contributed by atoms with Crippen molar-refractivity contribution in [2.24, 2.45) is 5.73 Å². The fourth-order valence-electron chi connectivity index (χ4n) is 1.89. The van der Waals surface area contributed by atoms with Crippen LogP contribution in [0.2, 0.25) is 0 Å². The third-order valence-corrected chi connectivity index (χ3v) is 2.98. The monoisotopic (exact) mass is 318 g/mol. The summed E-state index contributed by atoms with van der Waals surface area (Å²) in [7, 11) is 0. The third-order valence-electron chi connectivity index (χ3n) is 2.98. The van der Waals surface area contributed by atoms with E-state index in [0.29, 0.717) is 0 Å². The predicted octanol–water partition coefficient (Wildman–Crippen LogP) is 2.57. The van der Waals surface area contributed by atoms with Crippen LogP contribution >= 0.6 is 0 Å². The Balaban J connectivity index is 3.01. The van der Waals surface area contributed by atoms with Gasteiger partial charge < -0.3 is 16.2 Å². The fourth-order valence-corrected chi connectivity index (χ4v) is 1.89. The fraction of sp³-hybridized carbons (Fsp3) is 0.429. The molecule has 1 aromatic rings. The Morgan fingerprint density at radius 1 is 1.32 bits per heavy atom. The lowest BCUT2D eigenvalue weighted by Gasteiger charge is -2.18. The van der Waals surface area contributed by atoms with E-state index in [0.717, 1.165) is 12.1 Å². The molecule has 0 unspecified atom stereocenters. The zero-order valence-electron chi connectivity index (χ0n) is 12.1. The van der Waals surface area contributed by atoms with E-state index in [1.807, 2.05) is 0 Å². The van der Waals surface area contributed by atoms with Gasteiger partial charge in [-0.2, -0.15) is 13.2 Å². The molecule has 0 heterocycles. The average molecular weight is 318 g/mol. The highest BCUT2D eigenvalue weighted by atomic mass is 19.4. The summed E-state index contributed by atoms with van der Waals surface area (Å²) >= 11 is 0. The summed E-state index contributed by atoms with van der Waals surface area (Å²) in [5, 5.41) is 10.9. The van der Waals surface area contributed by atoms with Crippen molar-refractivity contribution in [1.82, 2.24) is 0 Å². The second-order valence-corrected chi connectivity index (χ2v) is 5.15. The number of alkyl halides is 3. The number of benzene rings is 1. The first-order valence-corrected chi connectivity index (χ1v) is 6.51. The summed E-state index contributed by atoms with van der Waals surface area (Å²) in [5.41, 5.74) is 4.80. The van der Waals surface area contributed by atoms with Crippen LogP contribution < -0.4 is 11.1 Å². The summed E-state index contributed by atoms with van der Waals surface area (Å²) in [6.45, 7) is 3.21. The SMILES string of the molecule is CC(C)c1cc(NC(=O)[C@@H](N)CC(=O)O)ccc1C(F)(F)F. The lowest BCUT2D eigenvalue weighted by Crippen LogP contribution is -2.37. The number of carboxylic acids is 1. The molecular formula is C14H17F3N2O3. The van der Waals surface area contributed by atoms with Gasteiger partial charge in [0.25, 0.3) is 0 Å². The van der Waals surface area contributed by atoms with E-state index in [4.69, 9.17) is 10.8 Å². The molecule has 1 atom stereocenters.